The van der Waals surface area contributed by atoms with Crippen LogP contribution in [0.3, 0.4) is 0 Å². The third-order valence-corrected chi connectivity index (χ3v) is 7.03. The number of para-hydroxylation sites is 2. The number of carbonyl (C=O) groups is 3. The lowest BCUT2D eigenvalue weighted by Crippen LogP contribution is -2.40. The number of hydrogen-bond donors (Lipinski definition) is 1. The molecule has 1 N–H and O–H groups in total. The van der Waals surface area contributed by atoms with Gasteiger partial charge in [0.2, 0.25) is 19.2 Å². The third-order valence-electron chi connectivity index (χ3n) is 7.03. The lowest BCUT2D eigenvalue weighted by molar-refractivity contribution is -0.560. The molecular formula is C34H43N4O12+. The summed E-state index contributed by atoms with van der Waals surface area (Å²) in [7, 11) is 0. The normalized spacial score (nSPS) is 12.6. The second-order valence-electron chi connectivity index (χ2n) is 12.8. The van der Waals surface area contributed by atoms with E-state index in [0.29, 0.717) is 4.76 Å². The summed E-state index contributed by atoms with van der Waals surface area (Å²) in [4.78, 5) is 71.3. The van der Waals surface area contributed by atoms with Gasteiger partial charge in [0.15, 0.2) is 6.10 Å². The highest BCUT2D eigenvalue weighted by atomic mass is 16.6. The van der Waals surface area contributed by atoms with Crippen LogP contribution in [0.4, 0.5) is 11.4 Å². The SMILES string of the molecule is C=CC(=O)OC(C[N+](=O)CCOCC(C)(C)COCC(C)(C)CNC(=O)C(OC(=O)C=C)c1ccccc1[N+](=O)[O-])c1ccccc1[N+](=O)[O-]. The largest absolute Gasteiger partial charge is 0.447 e. The number of nitrogens with one attached hydrogen (secondary N) is 1. The van der Waals surface area contributed by atoms with Crippen LogP contribution in [0.15, 0.2) is 73.8 Å². The molecule has 0 aromatic heterocycles. The van der Waals surface area contributed by atoms with E-state index in [1.54, 1.807) is 0 Å². The summed E-state index contributed by atoms with van der Waals surface area (Å²) in [6, 6.07) is 11.1. The molecule has 0 aliphatic carbocycles. The van der Waals surface area contributed by atoms with Crippen molar-refractivity contribution in [1.82, 2.24) is 5.32 Å². The Morgan fingerprint density at radius 3 is 1.86 bits per heavy atom. The van der Waals surface area contributed by atoms with E-state index >= 15 is 0 Å². The zero-order valence-electron chi connectivity index (χ0n) is 28.5. The molecule has 0 aliphatic rings. The van der Waals surface area contributed by atoms with Gasteiger partial charge >= 0.3 is 11.9 Å². The van der Waals surface area contributed by atoms with Gasteiger partial charge in [-0.1, -0.05) is 65.1 Å². The van der Waals surface area contributed by atoms with E-state index in [0.717, 1.165) is 12.2 Å². The molecule has 2 atom stereocenters. The number of nitro benzene ring substituents is 2. The highest BCUT2D eigenvalue weighted by Gasteiger charge is 2.33. The van der Waals surface area contributed by atoms with Crippen LogP contribution < -0.4 is 5.32 Å². The molecule has 0 aliphatic heterocycles. The Labute approximate surface area is 289 Å². The van der Waals surface area contributed by atoms with E-state index in [1.165, 1.54) is 48.5 Å². The highest BCUT2D eigenvalue weighted by molar-refractivity contribution is 5.89. The number of nitroso groups, excluding NO2 is 1. The maximum Gasteiger partial charge on any atom is 0.331 e. The van der Waals surface area contributed by atoms with Crippen molar-refractivity contribution in [3.8, 4) is 0 Å². The van der Waals surface area contributed by atoms with Gasteiger partial charge in [0.05, 0.1) is 40.8 Å². The topological polar surface area (TPSA) is 207 Å². The van der Waals surface area contributed by atoms with Gasteiger partial charge in [0.25, 0.3) is 17.3 Å². The van der Waals surface area contributed by atoms with Crippen LogP contribution in [0.25, 0.3) is 0 Å². The second kappa shape index (κ2) is 19.0. The third kappa shape index (κ3) is 13.3. The Morgan fingerprint density at radius 2 is 1.28 bits per heavy atom. The smallest absolute Gasteiger partial charge is 0.331 e. The first-order chi connectivity index (χ1) is 23.5. The summed E-state index contributed by atoms with van der Waals surface area (Å²) >= 11 is 0. The van der Waals surface area contributed by atoms with Crippen LogP contribution in [0, 0.1) is 36.0 Å². The number of ether oxygens (including phenoxy) is 4. The predicted molar refractivity (Wildman–Crippen MR) is 180 cm³/mol. The van der Waals surface area contributed by atoms with E-state index in [-0.39, 0.29) is 68.6 Å². The summed E-state index contributed by atoms with van der Waals surface area (Å²) in [5.41, 5.74) is -1.77. The van der Waals surface area contributed by atoms with Crippen molar-refractivity contribution in [2.24, 2.45) is 10.8 Å². The Kier molecular flexibility index (Phi) is 15.5. The predicted octanol–water partition coefficient (Wildman–Crippen LogP) is 4.72. The number of rotatable bonds is 22. The minimum Gasteiger partial charge on any atom is -0.447 e. The molecule has 2 rings (SSSR count). The van der Waals surface area contributed by atoms with Crippen LogP contribution in [-0.2, 0) is 33.3 Å². The van der Waals surface area contributed by atoms with Crippen molar-refractivity contribution >= 4 is 29.2 Å². The second-order valence-corrected chi connectivity index (χ2v) is 12.8. The van der Waals surface area contributed by atoms with Crippen molar-refractivity contribution in [2.75, 3.05) is 46.1 Å². The van der Waals surface area contributed by atoms with Gasteiger partial charge in [-0.05, 0) is 12.1 Å². The Bertz CT molecular complexity index is 1570. The molecule has 2 aromatic rings. The average molecular weight is 700 g/mol. The quantitative estimate of drug-likeness (QED) is 0.0442. The van der Waals surface area contributed by atoms with Gasteiger partial charge in [-0.2, -0.15) is 0 Å². The molecule has 0 saturated heterocycles. The van der Waals surface area contributed by atoms with Crippen LogP contribution in [0.2, 0.25) is 0 Å². The lowest BCUT2D eigenvalue weighted by atomic mass is 9.93. The van der Waals surface area contributed by atoms with Crippen LogP contribution in [-0.4, -0.2) is 78.5 Å². The molecule has 50 heavy (non-hydrogen) atoms. The Balaban J connectivity index is 1.87. The summed E-state index contributed by atoms with van der Waals surface area (Å²) in [6.07, 6.45) is -1.02. The number of amides is 1. The minimum atomic E-state index is -1.58. The molecule has 0 heterocycles. The van der Waals surface area contributed by atoms with E-state index in [9.17, 15) is 39.5 Å². The molecule has 0 spiro atoms. The van der Waals surface area contributed by atoms with Crippen LogP contribution in [0.5, 0.6) is 0 Å². The maximum atomic E-state index is 13.1. The van der Waals surface area contributed by atoms with Gasteiger partial charge < -0.3 is 24.3 Å². The zero-order chi connectivity index (χ0) is 37.5. The van der Waals surface area contributed by atoms with Crippen molar-refractivity contribution in [3.63, 3.8) is 0 Å². The van der Waals surface area contributed by atoms with Gasteiger partial charge in [-0.25, -0.2) is 9.59 Å². The number of hydrogen-bond acceptors (Lipinski definition) is 12. The first kappa shape index (κ1) is 40.8. The van der Waals surface area contributed by atoms with Gasteiger partial charge in [0.1, 0.15) is 6.61 Å². The molecule has 16 heteroatoms. The minimum absolute atomic E-state index is 0.0145. The fourth-order valence-corrected chi connectivity index (χ4v) is 4.52. The highest BCUT2D eigenvalue weighted by Crippen LogP contribution is 2.30. The molecule has 16 nitrogen and oxygen atoms in total. The zero-order valence-corrected chi connectivity index (χ0v) is 28.5. The summed E-state index contributed by atoms with van der Waals surface area (Å²) < 4.78 is 22.7. The maximum absolute atomic E-state index is 13.1. The van der Waals surface area contributed by atoms with E-state index in [2.05, 4.69) is 18.5 Å². The van der Waals surface area contributed by atoms with Crippen molar-refractivity contribution in [1.29, 1.82) is 0 Å². The standard InChI is InChI=1S/C34H42N4O12/c1-7-29(39)49-28(24-13-9-11-15-26(24)37(43)44)19-36(42)17-18-47-22-34(5,6)23-48-21-33(3,4)20-35-32(41)31(50-30(40)8-2)25-14-10-12-16-27(25)38(45)46/h7-16,28,31H,1-2,17-23H2,3-6H3/p+1. The molecule has 0 saturated carbocycles. The number of nitro groups is 2. The van der Waals surface area contributed by atoms with Gasteiger partial charge in [-0.3, -0.25) is 25.0 Å². The van der Waals surface area contributed by atoms with Crippen LogP contribution in [0.1, 0.15) is 51.0 Å². The molecule has 0 radical (unpaired) electrons. The number of nitrogens with zero attached hydrogens (tertiary/aromatic N) is 3. The Morgan fingerprint density at radius 1 is 0.780 bits per heavy atom. The van der Waals surface area contributed by atoms with E-state index in [1.807, 2.05) is 27.7 Å². The molecule has 2 aromatic carbocycles. The monoisotopic (exact) mass is 699 g/mol. The fraction of sp³-hybridized carbons (Fsp3) is 0.441. The molecule has 0 fully saturated rings. The summed E-state index contributed by atoms with van der Waals surface area (Å²) in [5.74, 6) is -2.51. The summed E-state index contributed by atoms with van der Waals surface area (Å²) in [6.45, 7) is 14.4. The molecule has 2 unspecified atom stereocenters. The van der Waals surface area contributed by atoms with Crippen molar-refractivity contribution in [3.05, 3.63) is 110 Å². The van der Waals surface area contributed by atoms with Gasteiger partial charge in [-0.15, -0.1) is 0 Å². The van der Waals surface area contributed by atoms with E-state index in [4.69, 9.17) is 18.9 Å². The molecule has 1 amide bonds. The first-order valence-electron chi connectivity index (χ1n) is 15.5. The summed E-state index contributed by atoms with van der Waals surface area (Å²) in [5, 5.41) is 25.7. The molecule has 0 bridgehead atoms. The molecule has 270 valence electrons. The lowest BCUT2D eigenvalue weighted by Gasteiger charge is -2.29. The number of carbonyl (C=O) groups excluding carboxylic acids is 3. The number of esters is 2. The average Bonchev–Trinajstić information content (AvgIpc) is 3.07. The fourth-order valence-electron chi connectivity index (χ4n) is 4.52. The van der Waals surface area contributed by atoms with Gasteiger partial charge in [0, 0.05) is 51.3 Å². The van der Waals surface area contributed by atoms with Crippen molar-refractivity contribution in [2.45, 2.75) is 39.9 Å². The first-order valence-corrected chi connectivity index (χ1v) is 15.5. The van der Waals surface area contributed by atoms with E-state index < -0.39 is 50.7 Å². The number of benzene rings is 2. The Hall–Kier alpha value is -5.35. The molecular weight excluding hydrogens is 656 g/mol. The van der Waals surface area contributed by atoms with Crippen molar-refractivity contribution < 1.29 is 47.9 Å². The van der Waals surface area contributed by atoms with Crippen LogP contribution >= 0.6 is 0 Å².